The Labute approximate surface area is 193 Å². The van der Waals surface area contributed by atoms with Crippen LogP contribution in [0, 0.1) is 13.8 Å². The van der Waals surface area contributed by atoms with Crippen LogP contribution < -0.4 is 5.32 Å². The number of halogens is 1. The molecule has 0 fully saturated rings. The van der Waals surface area contributed by atoms with Crippen molar-refractivity contribution in [2.24, 2.45) is 0 Å². The summed E-state index contributed by atoms with van der Waals surface area (Å²) >= 11 is 7.64. The molecule has 0 unspecified atom stereocenters. The molecule has 0 saturated carbocycles. The lowest BCUT2D eigenvalue weighted by Crippen LogP contribution is -2.02. The molecule has 0 aliphatic rings. The molecule has 10 heteroatoms. The van der Waals surface area contributed by atoms with Crippen molar-refractivity contribution in [2.45, 2.75) is 26.9 Å². The van der Waals surface area contributed by atoms with Gasteiger partial charge in [-0.3, -0.25) is 9.36 Å². The van der Waals surface area contributed by atoms with Gasteiger partial charge in [0.1, 0.15) is 5.76 Å². The molecular formula is C22H20ClN7OS. The molecule has 0 bridgehead atoms. The first-order valence-corrected chi connectivity index (χ1v) is 11.2. The summed E-state index contributed by atoms with van der Waals surface area (Å²) in [6.07, 6.45) is 1.89. The minimum absolute atomic E-state index is 0.576. The number of nitrogens with one attached hydrogen (secondary N) is 1. The molecule has 5 aromatic rings. The topological polar surface area (TPSA) is 86.6 Å². The van der Waals surface area contributed by atoms with E-state index in [-0.39, 0.29) is 0 Å². The number of hydrogen-bond acceptors (Lipinski definition) is 7. The number of aryl methyl sites for hydroxylation is 2. The lowest BCUT2D eigenvalue weighted by molar-refractivity contribution is 0.485. The van der Waals surface area contributed by atoms with E-state index in [0.29, 0.717) is 34.8 Å². The van der Waals surface area contributed by atoms with Crippen molar-refractivity contribution >= 4 is 33.9 Å². The van der Waals surface area contributed by atoms with Crippen LogP contribution in [0.2, 0.25) is 5.02 Å². The molecule has 0 radical (unpaired) electrons. The SMILES string of the molecule is Cc1cc(C)n(Cc2ccc(-c3nnc(Nc4ccn(Cc5ccccc5Cl)n4)s3)o2)n1. The Kier molecular flexibility index (Phi) is 5.50. The van der Waals surface area contributed by atoms with E-state index in [1.54, 1.807) is 0 Å². The van der Waals surface area contributed by atoms with Crippen LogP contribution in [0.5, 0.6) is 0 Å². The summed E-state index contributed by atoms with van der Waals surface area (Å²) in [5.41, 5.74) is 3.09. The van der Waals surface area contributed by atoms with Crippen LogP contribution in [0.1, 0.15) is 22.7 Å². The van der Waals surface area contributed by atoms with Gasteiger partial charge in [0.15, 0.2) is 16.6 Å². The number of benzene rings is 1. The highest BCUT2D eigenvalue weighted by Crippen LogP contribution is 2.29. The fourth-order valence-corrected chi connectivity index (χ4v) is 4.27. The molecule has 4 aromatic heterocycles. The third-order valence-corrected chi connectivity index (χ3v) is 6.09. The van der Waals surface area contributed by atoms with Crippen molar-refractivity contribution in [2.75, 3.05) is 5.32 Å². The van der Waals surface area contributed by atoms with E-state index in [9.17, 15) is 0 Å². The smallest absolute Gasteiger partial charge is 0.211 e. The molecule has 5 rings (SSSR count). The van der Waals surface area contributed by atoms with Gasteiger partial charge in [-0.25, -0.2) is 0 Å². The van der Waals surface area contributed by atoms with Gasteiger partial charge >= 0.3 is 0 Å². The van der Waals surface area contributed by atoms with Crippen LogP contribution >= 0.6 is 22.9 Å². The first-order chi connectivity index (χ1) is 15.5. The van der Waals surface area contributed by atoms with Crippen LogP contribution in [0.15, 0.2) is 59.1 Å². The Morgan fingerprint density at radius 2 is 1.91 bits per heavy atom. The average Bonchev–Trinajstić information content (AvgIpc) is 3.54. The van der Waals surface area contributed by atoms with E-state index < -0.39 is 0 Å². The van der Waals surface area contributed by atoms with Crippen molar-refractivity contribution < 1.29 is 4.42 Å². The zero-order valence-corrected chi connectivity index (χ0v) is 19.1. The van der Waals surface area contributed by atoms with E-state index in [4.69, 9.17) is 16.0 Å². The first kappa shape index (κ1) is 20.5. The summed E-state index contributed by atoms with van der Waals surface area (Å²) in [5, 5.41) is 22.7. The minimum Gasteiger partial charge on any atom is -0.457 e. The number of furan rings is 1. The van der Waals surface area contributed by atoms with Crippen LogP contribution in [-0.4, -0.2) is 29.8 Å². The molecule has 1 N–H and O–H groups in total. The van der Waals surface area contributed by atoms with Gasteiger partial charge in [-0.15, -0.1) is 10.2 Å². The Morgan fingerprint density at radius 1 is 1.03 bits per heavy atom. The van der Waals surface area contributed by atoms with Crippen molar-refractivity contribution in [1.29, 1.82) is 0 Å². The molecule has 4 heterocycles. The lowest BCUT2D eigenvalue weighted by atomic mass is 10.2. The van der Waals surface area contributed by atoms with Gasteiger partial charge in [-0.05, 0) is 43.7 Å². The molecule has 0 amide bonds. The van der Waals surface area contributed by atoms with Crippen LogP contribution in [0.3, 0.4) is 0 Å². The second-order valence-corrected chi connectivity index (χ2v) is 8.76. The van der Waals surface area contributed by atoms with Crippen LogP contribution in [0.25, 0.3) is 10.8 Å². The minimum atomic E-state index is 0.576. The molecule has 0 atom stereocenters. The van der Waals surface area contributed by atoms with Crippen molar-refractivity contribution in [3.8, 4) is 10.8 Å². The van der Waals surface area contributed by atoms with E-state index in [1.807, 2.05) is 77.9 Å². The third-order valence-electron chi connectivity index (χ3n) is 4.87. The summed E-state index contributed by atoms with van der Waals surface area (Å²) in [7, 11) is 0. The van der Waals surface area contributed by atoms with Gasteiger partial charge in [0.05, 0.1) is 18.8 Å². The number of anilines is 2. The Bertz CT molecular complexity index is 1370. The zero-order valence-electron chi connectivity index (χ0n) is 17.5. The second-order valence-electron chi connectivity index (χ2n) is 7.38. The van der Waals surface area contributed by atoms with Gasteiger partial charge in [-0.2, -0.15) is 10.2 Å². The maximum Gasteiger partial charge on any atom is 0.211 e. The summed E-state index contributed by atoms with van der Waals surface area (Å²) < 4.78 is 9.71. The van der Waals surface area contributed by atoms with Crippen LogP contribution in [0.4, 0.5) is 10.9 Å². The average molecular weight is 466 g/mol. The lowest BCUT2D eigenvalue weighted by Gasteiger charge is -2.04. The normalized spacial score (nSPS) is 11.2. The molecule has 8 nitrogen and oxygen atoms in total. The monoisotopic (exact) mass is 465 g/mol. The maximum absolute atomic E-state index is 6.24. The molecule has 162 valence electrons. The van der Waals surface area contributed by atoms with Gasteiger partial charge in [0.25, 0.3) is 0 Å². The summed E-state index contributed by atoms with van der Waals surface area (Å²) in [5.74, 6) is 2.18. The summed E-state index contributed by atoms with van der Waals surface area (Å²) in [4.78, 5) is 0. The number of aromatic nitrogens is 6. The zero-order chi connectivity index (χ0) is 22.1. The third kappa shape index (κ3) is 4.44. The molecule has 0 aliphatic carbocycles. The maximum atomic E-state index is 6.24. The van der Waals surface area contributed by atoms with Gasteiger partial charge in [0, 0.05) is 23.0 Å². The molecule has 0 aliphatic heterocycles. The van der Waals surface area contributed by atoms with Crippen molar-refractivity contribution in [1.82, 2.24) is 29.8 Å². The Hall–Kier alpha value is -3.43. The first-order valence-electron chi connectivity index (χ1n) is 10.0. The van der Waals surface area contributed by atoms with E-state index in [1.165, 1.54) is 11.3 Å². The van der Waals surface area contributed by atoms with Crippen LogP contribution in [-0.2, 0) is 13.1 Å². The molecule has 0 saturated heterocycles. The highest BCUT2D eigenvalue weighted by atomic mass is 35.5. The summed E-state index contributed by atoms with van der Waals surface area (Å²) in [6, 6.07) is 15.5. The second kappa shape index (κ2) is 8.60. The van der Waals surface area contributed by atoms with Gasteiger partial charge in [-0.1, -0.05) is 41.1 Å². The quantitative estimate of drug-likeness (QED) is 0.351. The predicted molar refractivity (Wildman–Crippen MR) is 124 cm³/mol. The number of rotatable bonds is 7. The van der Waals surface area contributed by atoms with E-state index in [2.05, 4.69) is 25.7 Å². The fraction of sp³-hybridized carbons (Fsp3) is 0.182. The van der Waals surface area contributed by atoms with E-state index in [0.717, 1.165) is 27.7 Å². The standard InChI is InChI=1S/C22H20ClN7OS/c1-14-11-15(2)30(27-14)13-17-7-8-19(31-17)21-25-26-22(32-21)24-20-9-10-29(28-20)12-16-5-3-4-6-18(16)23/h3-11H,12-13H2,1-2H3,(H,24,26,28). The molecule has 32 heavy (non-hydrogen) atoms. The summed E-state index contributed by atoms with van der Waals surface area (Å²) in [6.45, 7) is 5.18. The highest BCUT2D eigenvalue weighted by Gasteiger charge is 2.13. The van der Waals surface area contributed by atoms with Gasteiger partial charge in [0.2, 0.25) is 5.13 Å². The molecule has 0 spiro atoms. The predicted octanol–water partition coefficient (Wildman–Crippen LogP) is 5.30. The fourth-order valence-electron chi connectivity index (χ4n) is 3.36. The Morgan fingerprint density at radius 3 is 2.72 bits per heavy atom. The van der Waals surface area contributed by atoms with Crippen molar-refractivity contribution in [3.63, 3.8) is 0 Å². The van der Waals surface area contributed by atoms with Gasteiger partial charge < -0.3 is 9.73 Å². The molecule has 1 aromatic carbocycles. The largest absolute Gasteiger partial charge is 0.457 e. The van der Waals surface area contributed by atoms with E-state index >= 15 is 0 Å². The van der Waals surface area contributed by atoms with Crippen molar-refractivity contribution in [3.05, 3.63) is 82.5 Å². The highest BCUT2D eigenvalue weighted by molar-refractivity contribution is 7.18. The number of nitrogens with zero attached hydrogens (tertiary/aromatic N) is 6. The Balaban J connectivity index is 1.25. The number of hydrogen-bond donors (Lipinski definition) is 1. The molecular weight excluding hydrogens is 446 g/mol.